The van der Waals surface area contributed by atoms with Crippen molar-refractivity contribution >= 4 is 51.3 Å². The summed E-state index contributed by atoms with van der Waals surface area (Å²) in [6, 6.07) is 13.0. The molecule has 5 nitrogen and oxygen atoms in total. The minimum Gasteiger partial charge on any atom is -0.382 e. The number of benzene rings is 1. The zero-order chi connectivity index (χ0) is 17.2. The number of fused-ring (bicyclic) bond motifs is 1. The van der Waals surface area contributed by atoms with Gasteiger partial charge in [0.25, 0.3) is 5.91 Å². The Morgan fingerprint density at radius 1 is 1.12 bits per heavy atom. The summed E-state index contributed by atoms with van der Waals surface area (Å²) in [7, 11) is 0. The number of carbonyl (C=O) groups is 1. The summed E-state index contributed by atoms with van der Waals surface area (Å²) >= 11 is 4.17. The van der Waals surface area contributed by atoms with Crippen LogP contribution >= 0.6 is 34.4 Å². The highest BCUT2D eigenvalue weighted by Gasteiger charge is 2.14. The summed E-state index contributed by atoms with van der Waals surface area (Å²) in [6.45, 7) is 0.425. The topological polar surface area (TPSA) is 75.1 Å². The van der Waals surface area contributed by atoms with E-state index in [1.165, 1.54) is 22.7 Å². The van der Waals surface area contributed by atoms with Crippen LogP contribution in [0, 0.1) is 0 Å². The summed E-state index contributed by atoms with van der Waals surface area (Å²) in [5.41, 5.74) is 2.10. The molecule has 1 atom stereocenters. The van der Waals surface area contributed by atoms with E-state index in [4.69, 9.17) is 0 Å². The van der Waals surface area contributed by atoms with Crippen molar-refractivity contribution in [3.63, 3.8) is 0 Å². The summed E-state index contributed by atoms with van der Waals surface area (Å²) in [5.74, 6) is -0.149. The average molecular weight is 388 g/mol. The number of rotatable bonds is 5. The number of hydrogen-bond donors (Lipinski definition) is 2. The molecule has 0 fully saturated rings. The van der Waals surface area contributed by atoms with Gasteiger partial charge in [0.05, 0.1) is 18.3 Å². The fourth-order valence-corrected chi connectivity index (χ4v) is 4.69. The molecule has 0 aliphatic rings. The molecule has 0 saturated heterocycles. The minimum atomic E-state index is -0.603. The number of nitrogens with zero attached hydrogens (tertiary/aromatic N) is 2. The number of amides is 1. The van der Waals surface area contributed by atoms with Crippen LogP contribution < -0.4 is 5.32 Å². The molecule has 4 rings (SSSR count). The number of hydrogen-bond acceptors (Lipinski definition) is 7. The van der Waals surface area contributed by atoms with Gasteiger partial charge in [-0.3, -0.25) is 4.79 Å². The van der Waals surface area contributed by atoms with Crippen molar-refractivity contribution in [2.75, 3.05) is 0 Å². The van der Waals surface area contributed by atoms with Gasteiger partial charge >= 0.3 is 0 Å². The Morgan fingerprint density at radius 2 is 2.00 bits per heavy atom. The van der Waals surface area contributed by atoms with E-state index in [0.29, 0.717) is 12.1 Å². The second-order valence-electron chi connectivity index (χ2n) is 5.37. The maximum atomic E-state index is 12.3. The Morgan fingerprint density at radius 3 is 2.84 bits per heavy atom. The normalized spacial score (nSPS) is 12.4. The van der Waals surface area contributed by atoms with Crippen LogP contribution in [0.3, 0.4) is 0 Å². The van der Waals surface area contributed by atoms with Crippen molar-refractivity contribution in [1.29, 1.82) is 0 Å². The molecule has 126 valence electrons. The van der Waals surface area contributed by atoms with Crippen LogP contribution in [0.5, 0.6) is 0 Å². The van der Waals surface area contributed by atoms with Gasteiger partial charge in [-0.15, -0.1) is 22.7 Å². The predicted octanol–water partition coefficient (Wildman–Crippen LogP) is 3.83. The van der Waals surface area contributed by atoms with Crippen molar-refractivity contribution in [3.8, 4) is 0 Å². The van der Waals surface area contributed by atoms with Crippen molar-refractivity contribution in [2.45, 2.75) is 12.6 Å². The Hall–Kier alpha value is -2.13. The van der Waals surface area contributed by atoms with E-state index in [0.717, 1.165) is 37.4 Å². The lowest BCUT2D eigenvalue weighted by atomic mass is 10.2. The molecule has 25 heavy (non-hydrogen) atoms. The molecular formula is C17H13N3O2S3. The maximum absolute atomic E-state index is 12.3. The fourth-order valence-electron chi connectivity index (χ4n) is 2.42. The molecule has 0 aliphatic carbocycles. The lowest BCUT2D eigenvalue weighted by Crippen LogP contribution is -2.22. The number of aliphatic hydroxyl groups is 1. The van der Waals surface area contributed by atoms with E-state index in [-0.39, 0.29) is 5.91 Å². The smallest absolute Gasteiger partial charge is 0.251 e. The molecule has 0 saturated carbocycles. The monoisotopic (exact) mass is 387 g/mol. The van der Waals surface area contributed by atoms with Crippen LogP contribution in [-0.2, 0) is 6.54 Å². The first-order valence-corrected chi connectivity index (χ1v) is 9.94. The standard InChI is InChI=1S/C17H13N3O2S3/c21-16(14-2-1-7-23-14)15-6-4-11(24-15)9-18-17(22)10-3-5-12-13(8-10)20-25-19-12/h1-8,16,21H,9H2,(H,18,22). The van der Waals surface area contributed by atoms with Crippen LogP contribution in [0.2, 0.25) is 0 Å². The highest BCUT2D eigenvalue weighted by Crippen LogP contribution is 2.30. The third-order valence-electron chi connectivity index (χ3n) is 3.70. The summed E-state index contributed by atoms with van der Waals surface area (Å²) in [4.78, 5) is 15.1. The summed E-state index contributed by atoms with van der Waals surface area (Å²) in [6.07, 6.45) is -0.603. The van der Waals surface area contributed by atoms with Crippen LogP contribution in [0.15, 0.2) is 47.8 Å². The Kier molecular flexibility index (Phi) is 4.58. The highest BCUT2D eigenvalue weighted by atomic mass is 32.1. The summed E-state index contributed by atoms with van der Waals surface area (Å²) in [5, 5.41) is 15.2. The van der Waals surface area contributed by atoms with E-state index in [2.05, 4.69) is 14.1 Å². The van der Waals surface area contributed by atoms with E-state index in [1.807, 2.05) is 29.6 Å². The molecule has 3 heterocycles. The minimum absolute atomic E-state index is 0.149. The van der Waals surface area contributed by atoms with Crippen molar-refractivity contribution in [1.82, 2.24) is 14.1 Å². The van der Waals surface area contributed by atoms with Crippen molar-refractivity contribution < 1.29 is 9.90 Å². The zero-order valence-electron chi connectivity index (χ0n) is 12.9. The van der Waals surface area contributed by atoms with E-state index in [1.54, 1.807) is 18.2 Å². The fraction of sp³-hybridized carbons (Fsp3) is 0.118. The number of carbonyl (C=O) groups excluding carboxylic acids is 1. The van der Waals surface area contributed by atoms with Crippen LogP contribution in [0.4, 0.5) is 0 Å². The Bertz CT molecular complexity index is 1010. The molecular weight excluding hydrogens is 374 g/mol. The van der Waals surface area contributed by atoms with Gasteiger partial charge in [0.15, 0.2) is 0 Å². The van der Waals surface area contributed by atoms with Gasteiger partial charge in [-0.1, -0.05) is 6.07 Å². The molecule has 0 aliphatic heterocycles. The average Bonchev–Trinajstić information content (AvgIpc) is 3.39. The molecule has 8 heteroatoms. The van der Waals surface area contributed by atoms with Gasteiger partial charge in [0.2, 0.25) is 0 Å². The first-order chi connectivity index (χ1) is 12.2. The second kappa shape index (κ2) is 7.01. The molecule has 0 bridgehead atoms. The second-order valence-corrected chi connectivity index (χ2v) is 8.08. The summed E-state index contributed by atoms with van der Waals surface area (Å²) < 4.78 is 8.28. The van der Waals surface area contributed by atoms with Gasteiger partial charge < -0.3 is 10.4 Å². The number of thiophene rings is 2. The lowest BCUT2D eigenvalue weighted by Gasteiger charge is -2.05. The van der Waals surface area contributed by atoms with Gasteiger partial charge in [0, 0.05) is 20.2 Å². The molecule has 3 aromatic heterocycles. The maximum Gasteiger partial charge on any atom is 0.251 e. The van der Waals surface area contributed by atoms with Gasteiger partial charge in [-0.25, -0.2) is 0 Å². The third-order valence-corrected chi connectivity index (χ3v) is 6.32. The molecule has 0 radical (unpaired) electrons. The number of aliphatic hydroxyl groups excluding tert-OH is 1. The Labute approximate surface area is 155 Å². The van der Waals surface area contributed by atoms with Crippen LogP contribution in [0.1, 0.15) is 31.1 Å². The molecule has 1 unspecified atom stereocenters. The van der Waals surface area contributed by atoms with Crippen molar-refractivity contribution in [3.05, 3.63) is 68.0 Å². The SMILES string of the molecule is O=C(NCc1ccc(C(O)c2cccs2)s1)c1ccc2nsnc2c1. The molecule has 2 N–H and O–H groups in total. The van der Waals surface area contributed by atoms with E-state index >= 15 is 0 Å². The molecule has 1 aromatic carbocycles. The molecule has 0 spiro atoms. The predicted molar refractivity (Wildman–Crippen MR) is 101 cm³/mol. The van der Waals surface area contributed by atoms with Gasteiger partial charge in [0.1, 0.15) is 17.1 Å². The van der Waals surface area contributed by atoms with Crippen LogP contribution in [-0.4, -0.2) is 19.8 Å². The lowest BCUT2D eigenvalue weighted by molar-refractivity contribution is 0.0951. The number of aromatic nitrogens is 2. The van der Waals surface area contributed by atoms with Gasteiger partial charge in [-0.05, 0) is 41.8 Å². The van der Waals surface area contributed by atoms with Crippen molar-refractivity contribution in [2.24, 2.45) is 0 Å². The molecule has 4 aromatic rings. The largest absolute Gasteiger partial charge is 0.382 e. The zero-order valence-corrected chi connectivity index (χ0v) is 15.3. The first-order valence-electron chi connectivity index (χ1n) is 7.51. The highest BCUT2D eigenvalue weighted by molar-refractivity contribution is 7.12. The third kappa shape index (κ3) is 3.47. The number of nitrogens with one attached hydrogen (secondary N) is 1. The Balaban J connectivity index is 1.42. The van der Waals surface area contributed by atoms with Gasteiger partial charge in [-0.2, -0.15) is 8.75 Å². The van der Waals surface area contributed by atoms with E-state index < -0.39 is 6.10 Å². The molecule has 1 amide bonds. The van der Waals surface area contributed by atoms with E-state index in [9.17, 15) is 9.90 Å². The quantitative estimate of drug-likeness (QED) is 0.546. The first kappa shape index (κ1) is 16.3. The van der Waals surface area contributed by atoms with Crippen LogP contribution in [0.25, 0.3) is 11.0 Å².